The number of nitrogens with one attached hydrogen (secondary N) is 2. The molecule has 0 aliphatic rings. The number of carbonyl (C=O) groups is 3. The molecule has 29 heavy (non-hydrogen) atoms. The normalized spacial score (nSPS) is 11.3. The molecule has 0 saturated heterocycles. The van der Waals surface area contributed by atoms with Crippen molar-refractivity contribution in [3.05, 3.63) is 58.6 Å². The number of amides is 2. The number of hydrogen-bond donors (Lipinski definition) is 2. The number of halogens is 1. The van der Waals surface area contributed by atoms with Crippen LogP contribution in [0.4, 0.5) is 0 Å². The minimum absolute atomic E-state index is 0.0384. The average Bonchev–Trinajstić information content (AvgIpc) is 2.72. The van der Waals surface area contributed by atoms with Crippen LogP contribution < -0.4 is 20.3 Å². The quantitative estimate of drug-likeness (QED) is 0.439. The first kappa shape index (κ1) is 22.4. The SMILES string of the molecule is CCOc1ccc(OC(C)C(=O)NNC(=O)CCC(=O)c2ccc(Br)cc2)cc1. The van der Waals surface area contributed by atoms with E-state index in [-0.39, 0.29) is 18.6 Å². The molecular formula is C21H23BrN2O5. The molecule has 2 amide bonds. The van der Waals surface area contributed by atoms with E-state index in [9.17, 15) is 14.4 Å². The smallest absolute Gasteiger partial charge is 0.279 e. The lowest BCUT2D eigenvalue weighted by atomic mass is 10.1. The lowest BCUT2D eigenvalue weighted by molar-refractivity contribution is -0.132. The summed E-state index contributed by atoms with van der Waals surface area (Å²) in [5.74, 6) is 0.0964. The summed E-state index contributed by atoms with van der Waals surface area (Å²) in [5.41, 5.74) is 5.12. The molecule has 0 aliphatic heterocycles. The van der Waals surface area contributed by atoms with Gasteiger partial charge in [0, 0.05) is 22.9 Å². The van der Waals surface area contributed by atoms with Crippen LogP contribution in [0.5, 0.6) is 11.5 Å². The minimum atomic E-state index is -0.822. The maximum absolute atomic E-state index is 12.1. The van der Waals surface area contributed by atoms with Crippen molar-refractivity contribution in [3.63, 3.8) is 0 Å². The van der Waals surface area contributed by atoms with E-state index in [1.165, 1.54) is 0 Å². The van der Waals surface area contributed by atoms with Crippen LogP contribution in [0.25, 0.3) is 0 Å². The summed E-state index contributed by atoms with van der Waals surface area (Å²) < 4.78 is 11.7. The molecule has 0 aromatic heterocycles. The Morgan fingerprint density at radius 3 is 2.17 bits per heavy atom. The van der Waals surface area contributed by atoms with E-state index in [0.717, 1.165) is 4.47 Å². The van der Waals surface area contributed by atoms with E-state index < -0.39 is 17.9 Å². The van der Waals surface area contributed by atoms with Crippen molar-refractivity contribution in [3.8, 4) is 11.5 Å². The van der Waals surface area contributed by atoms with E-state index in [1.807, 2.05) is 6.92 Å². The molecule has 1 unspecified atom stereocenters. The Bertz CT molecular complexity index is 837. The van der Waals surface area contributed by atoms with Crippen molar-refractivity contribution < 1.29 is 23.9 Å². The highest BCUT2D eigenvalue weighted by atomic mass is 79.9. The second-order valence-electron chi connectivity index (χ2n) is 6.13. The largest absolute Gasteiger partial charge is 0.494 e. The van der Waals surface area contributed by atoms with Gasteiger partial charge in [-0.3, -0.25) is 25.2 Å². The number of ketones is 1. The number of ether oxygens (including phenoxy) is 2. The van der Waals surface area contributed by atoms with Gasteiger partial charge in [-0.1, -0.05) is 28.1 Å². The van der Waals surface area contributed by atoms with Crippen molar-refractivity contribution in [2.24, 2.45) is 0 Å². The molecule has 0 aliphatic carbocycles. The molecule has 0 radical (unpaired) electrons. The van der Waals surface area contributed by atoms with E-state index >= 15 is 0 Å². The molecule has 154 valence electrons. The molecule has 2 aromatic carbocycles. The standard InChI is InChI=1S/C21H23BrN2O5/c1-3-28-17-8-10-18(11-9-17)29-14(2)21(27)24-23-20(26)13-12-19(25)15-4-6-16(22)7-5-15/h4-11,14H,3,12-13H2,1-2H3,(H,23,26)(H,24,27). The van der Waals surface area contributed by atoms with Crippen LogP contribution in [0.15, 0.2) is 53.0 Å². The van der Waals surface area contributed by atoms with Gasteiger partial charge in [0.05, 0.1) is 6.61 Å². The van der Waals surface area contributed by atoms with Crippen LogP contribution in [0, 0.1) is 0 Å². The second kappa shape index (κ2) is 11.2. The van der Waals surface area contributed by atoms with Gasteiger partial charge >= 0.3 is 0 Å². The van der Waals surface area contributed by atoms with E-state index in [2.05, 4.69) is 26.8 Å². The third-order valence-electron chi connectivity index (χ3n) is 3.89. The number of Topliss-reactive ketones (excluding diaryl/α,β-unsaturated/α-hetero) is 1. The number of carbonyl (C=O) groups excluding carboxylic acids is 3. The predicted octanol–water partition coefficient (Wildman–Crippen LogP) is 3.43. The number of hydrogen-bond acceptors (Lipinski definition) is 5. The zero-order valence-corrected chi connectivity index (χ0v) is 17.8. The molecule has 2 aromatic rings. The molecule has 2 N–H and O–H groups in total. The summed E-state index contributed by atoms with van der Waals surface area (Å²) in [6, 6.07) is 13.8. The Kier molecular flexibility index (Phi) is 8.67. The number of benzene rings is 2. The average molecular weight is 463 g/mol. The second-order valence-corrected chi connectivity index (χ2v) is 7.05. The Labute approximate surface area is 177 Å². The molecule has 0 saturated carbocycles. The van der Waals surface area contributed by atoms with E-state index in [4.69, 9.17) is 9.47 Å². The molecule has 0 fully saturated rings. The highest BCUT2D eigenvalue weighted by Crippen LogP contribution is 2.18. The van der Waals surface area contributed by atoms with Crippen LogP contribution in [0.3, 0.4) is 0 Å². The first-order chi connectivity index (χ1) is 13.9. The molecule has 0 bridgehead atoms. The van der Waals surface area contributed by atoms with E-state index in [0.29, 0.717) is 23.7 Å². The lowest BCUT2D eigenvalue weighted by Crippen LogP contribution is -2.47. The first-order valence-corrected chi connectivity index (χ1v) is 9.95. The van der Waals surface area contributed by atoms with Gasteiger partial charge in [-0.2, -0.15) is 0 Å². The third-order valence-corrected chi connectivity index (χ3v) is 4.42. The van der Waals surface area contributed by atoms with Crippen LogP contribution in [0.1, 0.15) is 37.0 Å². The highest BCUT2D eigenvalue weighted by Gasteiger charge is 2.16. The van der Waals surface area contributed by atoms with Crippen molar-refractivity contribution >= 4 is 33.5 Å². The molecule has 2 rings (SSSR count). The summed E-state index contributed by atoms with van der Waals surface area (Å²) in [6.07, 6.45) is -0.817. The minimum Gasteiger partial charge on any atom is -0.494 e. The first-order valence-electron chi connectivity index (χ1n) is 9.16. The fraction of sp³-hybridized carbons (Fsp3) is 0.286. The van der Waals surface area contributed by atoms with Crippen molar-refractivity contribution in [2.75, 3.05) is 6.61 Å². The van der Waals surface area contributed by atoms with Crippen molar-refractivity contribution in [2.45, 2.75) is 32.8 Å². The maximum Gasteiger partial charge on any atom is 0.279 e. The number of hydrazine groups is 1. The van der Waals surface area contributed by atoms with E-state index in [1.54, 1.807) is 55.5 Å². The Hall–Kier alpha value is -2.87. The fourth-order valence-electron chi connectivity index (χ4n) is 2.34. The van der Waals surface area contributed by atoms with Gasteiger partial charge in [-0.15, -0.1) is 0 Å². The van der Waals surface area contributed by atoms with Crippen LogP contribution in [0.2, 0.25) is 0 Å². The molecule has 0 spiro atoms. The van der Waals surface area contributed by atoms with Crippen LogP contribution >= 0.6 is 15.9 Å². The summed E-state index contributed by atoms with van der Waals surface area (Å²) in [4.78, 5) is 36.0. The Balaban J connectivity index is 1.72. The van der Waals surface area contributed by atoms with Crippen LogP contribution in [-0.2, 0) is 9.59 Å². The molecule has 7 nitrogen and oxygen atoms in total. The number of rotatable bonds is 9. The fourth-order valence-corrected chi connectivity index (χ4v) is 2.61. The molecule has 0 heterocycles. The van der Waals surface area contributed by atoms with Crippen LogP contribution in [-0.4, -0.2) is 30.3 Å². The van der Waals surface area contributed by atoms with Gasteiger partial charge in [-0.25, -0.2) is 0 Å². The zero-order valence-electron chi connectivity index (χ0n) is 16.2. The van der Waals surface area contributed by atoms with Gasteiger partial charge in [0.1, 0.15) is 11.5 Å². The van der Waals surface area contributed by atoms with Gasteiger partial charge in [0.25, 0.3) is 5.91 Å². The van der Waals surface area contributed by atoms with Gasteiger partial charge in [0.2, 0.25) is 5.91 Å². The van der Waals surface area contributed by atoms with Gasteiger partial charge in [-0.05, 0) is 50.2 Å². The summed E-state index contributed by atoms with van der Waals surface area (Å²) in [5, 5.41) is 0. The Morgan fingerprint density at radius 2 is 1.55 bits per heavy atom. The predicted molar refractivity (Wildman–Crippen MR) is 112 cm³/mol. The monoisotopic (exact) mass is 462 g/mol. The van der Waals surface area contributed by atoms with Crippen molar-refractivity contribution in [1.29, 1.82) is 0 Å². The lowest BCUT2D eigenvalue weighted by Gasteiger charge is -2.15. The Morgan fingerprint density at radius 1 is 0.931 bits per heavy atom. The topological polar surface area (TPSA) is 93.7 Å². The summed E-state index contributed by atoms with van der Waals surface area (Å²) in [6.45, 7) is 4.02. The molecule has 1 atom stereocenters. The summed E-state index contributed by atoms with van der Waals surface area (Å²) >= 11 is 3.30. The molecule has 8 heteroatoms. The maximum atomic E-state index is 12.1. The molecular weight excluding hydrogens is 440 g/mol. The summed E-state index contributed by atoms with van der Waals surface area (Å²) in [7, 11) is 0. The van der Waals surface area contributed by atoms with Gasteiger partial charge in [0.15, 0.2) is 11.9 Å². The highest BCUT2D eigenvalue weighted by molar-refractivity contribution is 9.10. The zero-order chi connectivity index (χ0) is 21.2. The van der Waals surface area contributed by atoms with Crippen molar-refractivity contribution in [1.82, 2.24) is 10.9 Å². The third kappa shape index (κ3) is 7.57. The van der Waals surface area contributed by atoms with Gasteiger partial charge < -0.3 is 9.47 Å².